The first-order valence-corrected chi connectivity index (χ1v) is 7.01. The van der Waals surface area contributed by atoms with Gasteiger partial charge in [0.15, 0.2) is 0 Å². The molecule has 0 bridgehead atoms. The molecule has 1 aliphatic heterocycles. The smallest absolute Gasteiger partial charge is 0.149 e. The molecule has 0 amide bonds. The molecule has 14 heavy (non-hydrogen) atoms. The van der Waals surface area contributed by atoms with Gasteiger partial charge < -0.3 is 9.84 Å². The molecule has 0 aliphatic carbocycles. The molecule has 1 rings (SSSR count). The SMILES string of the molecule is CS(=O)(=O)CC(O)CCC1CCCO1. The number of rotatable bonds is 5. The molecule has 5 heteroatoms. The van der Waals surface area contributed by atoms with E-state index in [4.69, 9.17) is 4.74 Å². The Balaban J connectivity index is 2.17. The van der Waals surface area contributed by atoms with E-state index >= 15 is 0 Å². The molecule has 0 saturated carbocycles. The second kappa shape index (κ2) is 5.09. The molecule has 0 spiro atoms. The number of sulfone groups is 1. The highest BCUT2D eigenvalue weighted by molar-refractivity contribution is 7.90. The minimum absolute atomic E-state index is 0.139. The molecular weight excluding hydrogens is 204 g/mol. The van der Waals surface area contributed by atoms with Crippen molar-refractivity contribution in [3.8, 4) is 0 Å². The second-order valence-electron chi connectivity index (χ2n) is 3.96. The van der Waals surface area contributed by atoms with Crippen molar-refractivity contribution in [2.24, 2.45) is 0 Å². The van der Waals surface area contributed by atoms with Gasteiger partial charge in [0.2, 0.25) is 0 Å². The molecule has 0 radical (unpaired) electrons. The minimum Gasteiger partial charge on any atom is -0.392 e. The lowest BCUT2D eigenvalue weighted by molar-refractivity contribution is 0.0858. The Labute approximate surface area is 85.2 Å². The van der Waals surface area contributed by atoms with Crippen LogP contribution in [-0.4, -0.2) is 44.3 Å². The van der Waals surface area contributed by atoms with E-state index in [0.717, 1.165) is 32.1 Å². The topological polar surface area (TPSA) is 63.6 Å². The average molecular weight is 222 g/mol. The number of aliphatic hydroxyl groups is 1. The average Bonchev–Trinajstić information content (AvgIpc) is 2.49. The monoisotopic (exact) mass is 222 g/mol. The molecule has 84 valence electrons. The van der Waals surface area contributed by atoms with Crippen molar-refractivity contribution in [3.63, 3.8) is 0 Å². The summed E-state index contributed by atoms with van der Waals surface area (Å²) in [5.41, 5.74) is 0. The fourth-order valence-electron chi connectivity index (χ4n) is 1.68. The Bertz CT molecular complexity index is 254. The van der Waals surface area contributed by atoms with E-state index in [-0.39, 0.29) is 11.9 Å². The van der Waals surface area contributed by atoms with E-state index in [1.807, 2.05) is 0 Å². The van der Waals surface area contributed by atoms with Crippen LogP contribution in [0.1, 0.15) is 25.7 Å². The third kappa shape index (κ3) is 4.93. The zero-order valence-corrected chi connectivity index (χ0v) is 9.29. The Kier molecular flexibility index (Phi) is 4.34. The molecule has 0 aromatic heterocycles. The maximum Gasteiger partial charge on any atom is 0.149 e. The minimum atomic E-state index is -3.06. The maximum absolute atomic E-state index is 10.8. The summed E-state index contributed by atoms with van der Waals surface area (Å²) in [5.74, 6) is -0.139. The van der Waals surface area contributed by atoms with Gasteiger partial charge in [0.25, 0.3) is 0 Å². The fraction of sp³-hybridized carbons (Fsp3) is 1.00. The first-order valence-electron chi connectivity index (χ1n) is 4.95. The van der Waals surface area contributed by atoms with Gasteiger partial charge in [-0.2, -0.15) is 0 Å². The van der Waals surface area contributed by atoms with E-state index in [9.17, 15) is 13.5 Å². The molecule has 1 saturated heterocycles. The lowest BCUT2D eigenvalue weighted by Gasteiger charge is -2.12. The van der Waals surface area contributed by atoms with Crippen LogP contribution in [0.5, 0.6) is 0 Å². The van der Waals surface area contributed by atoms with Crippen LogP contribution in [0.25, 0.3) is 0 Å². The van der Waals surface area contributed by atoms with Gasteiger partial charge in [0, 0.05) is 12.9 Å². The Morgan fingerprint density at radius 2 is 2.29 bits per heavy atom. The van der Waals surface area contributed by atoms with Crippen LogP contribution in [0.2, 0.25) is 0 Å². The summed E-state index contributed by atoms with van der Waals surface area (Å²) >= 11 is 0. The first-order chi connectivity index (χ1) is 6.47. The van der Waals surface area contributed by atoms with Crippen LogP contribution in [0.3, 0.4) is 0 Å². The number of ether oxygens (including phenoxy) is 1. The van der Waals surface area contributed by atoms with Gasteiger partial charge in [0.1, 0.15) is 9.84 Å². The summed E-state index contributed by atoms with van der Waals surface area (Å²) in [4.78, 5) is 0. The number of hydrogen-bond donors (Lipinski definition) is 1. The Morgan fingerprint density at radius 1 is 1.57 bits per heavy atom. The quantitative estimate of drug-likeness (QED) is 0.729. The van der Waals surface area contributed by atoms with Crippen LogP contribution in [-0.2, 0) is 14.6 Å². The van der Waals surface area contributed by atoms with E-state index in [1.54, 1.807) is 0 Å². The summed E-state index contributed by atoms with van der Waals surface area (Å²) < 4.78 is 27.1. The molecular formula is C9H18O4S. The van der Waals surface area contributed by atoms with E-state index in [0.29, 0.717) is 6.42 Å². The Hall–Kier alpha value is -0.130. The zero-order chi connectivity index (χ0) is 10.6. The zero-order valence-electron chi connectivity index (χ0n) is 8.48. The lowest BCUT2D eigenvalue weighted by atomic mass is 10.1. The summed E-state index contributed by atoms with van der Waals surface area (Å²) in [6.45, 7) is 0.798. The Morgan fingerprint density at radius 3 is 2.79 bits per heavy atom. The van der Waals surface area contributed by atoms with Crippen molar-refractivity contribution in [2.45, 2.75) is 37.9 Å². The van der Waals surface area contributed by atoms with Gasteiger partial charge >= 0.3 is 0 Å². The van der Waals surface area contributed by atoms with Gasteiger partial charge in [-0.15, -0.1) is 0 Å². The number of aliphatic hydroxyl groups excluding tert-OH is 1. The van der Waals surface area contributed by atoms with Crippen LogP contribution >= 0.6 is 0 Å². The van der Waals surface area contributed by atoms with Crippen LogP contribution in [0.4, 0.5) is 0 Å². The van der Waals surface area contributed by atoms with Gasteiger partial charge in [-0.25, -0.2) is 8.42 Å². The highest BCUT2D eigenvalue weighted by atomic mass is 32.2. The van der Waals surface area contributed by atoms with Crippen LogP contribution in [0, 0.1) is 0 Å². The van der Waals surface area contributed by atoms with Gasteiger partial charge in [-0.1, -0.05) is 0 Å². The molecule has 4 nitrogen and oxygen atoms in total. The maximum atomic E-state index is 10.8. The van der Waals surface area contributed by atoms with E-state index in [1.165, 1.54) is 0 Å². The van der Waals surface area contributed by atoms with Gasteiger partial charge in [0.05, 0.1) is 18.0 Å². The normalized spacial score (nSPS) is 25.1. The third-order valence-corrected chi connectivity index (χ3v) is 3.33. The van der Waals surface area contributed by atoms with Crippen molar-refractivity contribution in [2.75, 3.05) is 18.6 Å². The highest BCUT2D eigenvalue weighted by Crippen LogP contribution is 2.17. The van der Waals surface area contributed by atoms with E-state index < -0.39 is 15.9 Å². The molecule has 0 aromatic rings. The molecule has 1 aliphatic rings. The van der Waals surface area contributed by atoms with Gasteiger partial charge in [-0.05, 0) is 25.7 Å². The van der Waals surface area contributed by atoms with Gasteiger partial charge in [-0.3, -0.25) is 0 Å². The molecule has 2 unspecified atom stereocenters. The van der Waals surface area contributed by atoms with Crippen molar-refractivity contribution in [1.82, 2.24) is 0 Å². The summed E-state index contributed by atoms with van der Waals surface area (Å²) in [6.07, 6.45) is 4.01. The molecule has 1 heterocycles. The summed E-state index contributed by atoms with van der Waals surface area (Å²) in [6, 6.07) is 0. The van der Waals surface area contributed by atoms with Crippen LogP contribution < -0.4 is 0 Å². The lowest BCUT2D eigenvalue weighted by Crippen LogP contribution is -2.21. The third-order valence-electron chi connectivity index (χ3n) is 2.34. The standard InChI is InChI=1S/C9H18O4S/c1-14(11,12)7-8(10)4-5-9-3-2-6-13-9/h8-10H,2-7H2,1H3. The molecule has 1 fully saturated rings. The van der Waals surface area contributed by atoms with Crippen molar-refractivity contribution < 1.29 is 18.3 Å². The molecule has 1 N–H and O–H groups in total. The first kappa shape index (κ1) is 11.9. The van der Waals surface area contributed by atoms with Crippen molar-refractivity contribution in [3.05, 3.63) is 0 Å². The summed E-state index contributed by atoms with van der Waals surface area (Å²) in [7, 11) is -3.06. The molecule has 2 atom stereocenters. The predicted molar refractivity (Wildman–Crippen MR) is 53.9 cm³/mol. The largest absolute Gasteiger partial charge is 0.392 e. The number of hydrogen-bond acceptors (Lipinski definition) is 4. The van der Waals surface area contributed by atoms with Crippen LogP contribution in [0.15, 0.2) is 0 Å². The van der Waals surface area contributed by atoms with E-state index in [2.05, 4.69) is 0 Å². The van der Waals surface area contributed by atoms with Crippen molar-refractivity contribution >= 4 is 9.84 Å². The predicted octanol–water partition coefficient (Wildman–Crippen LogP) is 0.351. The molecule has 0 aromatic carbocycles. The summed E-state index contributed by atoms with van der Waals surface area (Å²) in [5, 5.41) is 9.41. The fourth-order valence-corrected chi connectivity index (χ4v) is 2.55. The second-order valence-corrected chi connectivity index (χ2v) is 6.14. The highest BCUT2D eigenvalue weighted by Gasteiger charge is 2.18. The van der Waals surface area contributed by atoms with Crippen molar-refractivity contribution in [1.29, 1.82) is 0 Å².